The second-order valence-electron chi connectivity index (χ2n) is 8.29. The molecule has 1 amide bonds. The molecule has 8 nitrogen and oxygen atoms in total. The van der Waals surface area contributed by atoms with Crippen molar-refractivity contribution in [3.8, 4) is 17.7 Å². The lowest BCUT2D eigenvalue weighted by atomic mass is 10.0. The number of aliphatic imine (C=N–C) groups is 1. The first-order chi connectivity index (χ1) is 17.4. The number of nitriles is 1. The second-order valence-corrected chi connectivity index (χ2v) is 8.73. The Kier molecular flexibility index (Phi) is 9.69. The number of nitrogens with two attached hydrogens (primary N) is 1. The van der Waals surface area contributed by atoms with Gasteiger partial charge in [-0.05, 0) is 68.2 Å². The lowest BCUT2D eigenvalue weighted by molar-refractivity contribution is -0.124. The van der Waals surface area contributed by atoms with Gasteiger partial charge in [0.15, 0.2) is 6.19 Å². The standard InChI is InChI=1S/C27H29ClN6O2/c1-33(2)17-16-31-26(35)25(18-20-6-4-3-5-7-20)34(19-29)27(30)32-22-10-14-24(15-11-22)36-23-12-8-21(28)9-13-23/h3-15,25H,16-18H2,1-2H3,(H2,30,32)(H,31,35). The van der Waals surface area contributed by atoms with Crippen molar-refractivity contribution in [1.29, 1.82) is 5.26 Å². The molecular formula is C27H29ClN6O2. The number of ether oxygens (including phenoxy) is 1. The minimum atomic E-state index is -0.851. The molecule has 0 aliphatic carbocycles. The number of hydrogen-bond acceptors (Lipinski definition) is 5. The topological polar surface area (TPSA) is 107 Å². The molecule has 3 rings (SSSR count). The summed E-state index contributed by atoms with van der Waals surface area (Å²) in [7, 11) is 3.84. The number of hydrogen-bond donors (Lipinski definition) is 2. The zero-order valence-corrected chi connectivity index (χ0v) is 21.0. The van der Waals surface area contributed by atoms with Crippen LogP contribution in [0.25, 0.3) is 0 Å². The van der Waals surface area contributed by atoms with Crippen molar-refractivity contribution >= 4 is 29.2 Å². The average Bonchev–Trinajstić information content (AvgIpc) is 2.87. The van der Waals surface area contributed by atoms with Crippen molar-refractivity contribution in [2.24, 2.45) is 10.7 Å². The third-order valence-electron chi connectivity index (χ3n) is 5.23. The number of nitrogens with zero attached hydrogens (tertiary/aromatic N) is 4. The second kappa shape index (κ2) is 13.1. The Morgan fingerprint density at radius 1 is 1.06 bits per heavy atom. The van der Waals surface area contributed by atoms with Crippen LogP contribution in [0.2, 0.25) is 5.02 Å². The molecule has 0 radical (unpaired) electrons. The SMILES string of the molecule is CN(C)CCNC(=O)C(Cc1ccccc1)N(C#N)C(N)=Nc1ccc(Oc2ccc(Cl)cc2)cc1. The molecule has 0 fully saturated rings. The Labute approximate surface area is 216 Å². The highest BCUT2D eigenvalue weighted by atomic mass is 35.5. The number of guanidine groups is 1. The lowest BCUT2D eigenvalue weighted by Gasteiger charge is -2.25. The first kappa shape index (κ1) is 26.5. The van der Waals surface area contributed by atoms with Gasteiger partial charge < -0.3 is 20.7 Å². The van der Waals surface area contributed by atoms with Gasteiger partial charge in [-0.25, -0.2) is 9.89 Å². The van der Waals surface area contributed by atoms with Crippen LogP contribution < -0.4 is 15.8 Å². The molecule has 0 saturated heterocycles. The van der Waals surface area contributed by atoms with Crippen LogP contribution in [0.1, 0.15) is 5.56 Å². The Hall–Kier alpha value is -4.06. The maximum atomic E-state index is 13.1. The number of benzene rings is 3. The first-order valence-electron chi connectivity index (χ1n) is 11.4. The molecule has 1 unspecified atom stereocenters. The van der Waals surface area contributed by atoms with Crippen molar-refractivity contribution in [1.82, 2.24) is 15.1 Å². The quantitative estimate of drug-likeness (QED) is 0.186. The van der Waals surface area contributed by atoms with E-state index in [1.807, 2.05) is 55.5 Å². The zero-order valence-electron chi connectivity index (χ0n) is 20.3. The fraction of sp³-hybridized carbons (Fsp3) is 0.222. The molecule has 0 heterocycles. The summed E-state index contributed by atoms with van der Waals surface area (Å²) in [6, 6.07) is 22.6. The molecule has 0 bridgehead atoms. The fourth-order valence-corrected chi connectivity index (χ4v) is 3.48. The smallest absolute Gasteiger partial charge is 0.244 e. The Morgan fingerprint density at radius 2 is 1.67 bits per heavy atom. The van der Waals surface area contributed by atoms with Crippen LogP contribution in [-0.4, -0.2) is 54.9 Å². The highest BCUT2D eigenvalue weighted by Crippen LogP contribution is 2.25. The normalized spacial score (nSPS) is 12.0. The molecule has 0 aliphatic rings. The highest BCUT2D eigenvalue weighted by molar-refractivity contribution is 6.30. The van der Waals surface area contributed by atoms with Gasteiger partial charge in [0.2, 0.25) is 11.9 Å². The number of nitrogens with one attached hydrogen (secondary N) is 1. The van der Waals surface area contributed by atoms with Crippen LogP contribution in [0.15, 0.2) is 83.9 Å². The van der Waals surface area contributed by atoms with Gasteiger partial charge in [-0.3, -0.25) is 4.79 Å². The molecule has 36 heavy (non-hydrogen) atoms. The van der Waals surface area contributed by atoms with Gasteiger partial charge in [0.1, 0.15) is 17.5 Å². The Morgan fingerprint density at radius 3 is 2.25 bits per heavy atom. The van der Waals surface area contributed by atoms with Crippen molar-refractivity contribution in [3.05, 3.63) is 89.4 Å². The number of rotatable bonds is 10. The van der Waals surface area contributed by atoms with Crippen LogP contribution in [-0.2, 0) is 11.2 Å². The summed E-state index contributed by atoms with van der Waals surface area (Å²) < 4.78 is 5.79. The molecule has 3 aromatic carbocycles. The van der Waals surface area contributed by atoms with E-state index in [0.29, 0.717) is 41.7 Å². The van der Waals surface area contributed by atoms with Crippen LogP contribution >= 0.6 is 11.6 Å². The van der Waals surface area contributed by atoms with E-state index in [0.717, 1.165) is 10.5 Å². The summed E-state index contributed by atoms with van der Waals surface area (Å²) in [5.41, 5.74) is 7.65. The van der Waals surface area contributed by atoms with Crippen LogP contribution in [0, 0.1) is 11.5 Å². The van der Waals surface area contributed by atoms with Crippen molar-refractivity contribution in [2.75, 3.05) is 27.2 Å². The van der Waals surface area contributed by atoms with Crippen LogP contribution in [0.3, 0.4) is 0 Å². The summed E-state index contributed by atoms with van der Waals surface area (Å²) in [6.45, 7) is 1.12. The number of likely N-dealkylation sites (N-methyl/N-ethyl adjacent to an activating group) is 1. The average molecular weight is 505 g/mol. The molecule has 0 aromatic heterocycles. The third-order valence-corrected chi connectivity index (χ3v) is 5.48. The Bertz CT molecular complexity index is 1190. The van der Waals surface area contributed by atoms with Crippen molar-refractivity contribution < 1.29 is 9.53 Å². The summed E-state index contributed by atoms with van der Waals surface area (Å²) in [5, 5.41) is 13.4. The number of carbonyl (C=O) groups excluding carboxylic acids is 1. The zero-order chi connectivity index (χ0) is 25.9. The highest BCUT2D eigenvalue weighted by Gasteiger charge is 2.28. The van der Waals surface area contributed by atoms with Gasteiger partial charge in [0.05, 0.1) is 5.69 Å². The van der Waals surface area contributed by atoms with E-state index in [4.69, 9.17) is 22.1 Å². The molecule has 0 spiro atoms. The van der Waals surface area contributed by atoms with E-state index in [9.17, 15) is 10.1 Å². The minimum Gasteiger partial charge on any atom is -0.457 e. The molecule has 186 valence electrons. The predicted octanol–water partition coefficient (Wildman–Crippen LogP) is 4.15. The summed E-state index contributed by atoms with van der Waals surface area (Å²) in [6.07, 6.45) is 2.34. The van der Waals surface area contributed by atoms with Gasteiger partial charge in [-0.15, -0.1) is 0 Å². The van der Waals surface area contributed by atoms with E-state index in [-0.39, 0.29) is 11.9 Å². The molecular weight excluding hydrogens is 476 g/mol. The first-order valence-corrected chi connectivity index (χ1v) is 11.8. The van der Waals surface area contributed by atoms with Gasteiger partial charge in [-0.2, -0.15) is 5.26 Å². The van der Waals surface area contributed by atoms with E-state index in [1.165, 1.54) is 0 Å². The van der Waals surface area contributed by atoms with Gasteiger partial charge in [0, 0.05) is 24.5 Å². The van der Waals surface area contributed by atoms with Crippen LogP contribution in [0.5, 0.6) is 11.5 Å². The maximum Gasteiger partial charge on any atom is 0.244 e. The van der Waals surface area contributed by atoms with Crippen molar-refractivity contribution in [3.63, 3.8) is 0 Å². The van der Waals surface area contributed by atoms with Crippen LogP contribution in [0.4, 0.5) is 5.69 Å². The van der Waals surface area contributed by atoms with Gasteiger partial charge in [0.25, 0.3) is 0 Å². The van der Waals surface area contributed by atoms with Gasteiger partial charge in [-0.1, -0.05) is 41.9 Å². The molecule has 1 atom stereocenters. The van der Waals surface area contributed by atoms with Gasteiger partial charge >= 0.3 is 0 Å². The maximum absolute atomic E-state index is 13.1. The monoisotopic (exact) mass is 504 g/mol. The Balaban J connectivity index is 1.77. The molecule has 9 heteroatoms. The fourth-order valence-electron chi connectivity index (χ4n) is 3.35. The van der Waals surface area contributed by atoms with E-state index in [2.05, 4.69) is 10.3 Å². The number of amides is 1. The molecule has 0 saturated carbocycles. The largest absolute Gasteiger partial charge is 0.457 e. The summed E-state index contributed by atoms with van der Waals surface area (Å²) in [5.74, 6) is 0.878. The summed E-state index contributed by atoms with van der Waals surface area (Å²) in [4.78, 5) is 20.6. The van der Waals surface area contributed by atoms with E-state index >= 15 is 0 Å². The molecule has 0 aliphatic heterocycles. The minimum absolute atomic E-state index is 0.0763. The molecule has 3 aromatic rings. The summed E-state index contributed by atoms with van der Waals surface area (Å²) >= 11 is 5.91. The van der Waals surface area contributed by atoms with Crippen molar-refractivity contribution in [2.45, 2.75) is 12.5 Å². The van der Waals surface area contributed by atoms with E-state index in [1.54, 1.807) is 48.5 Å². The predicted molar refractivity (Wildman–Crippen MR) is 142 cm³/mol. The number of carbonyl (C=O) groups is 1. The lowest BCUT2D eigenvalue weighted by Crippen LogP contribution is -2.51. The number of halogens is 1. The molecule has 3 N–H and O–H groups in total. The van der Waals surface area contributed by atoms with E-state index < -0.39 is 6.04 Å². The third kappa shape index (κ3) is 8.01.